The van der Waals surface area contributed by atoms with Crippen LogP contribution >= 0.6 is 15.9 Å². The first-order valence-corrected chi connectivity index (χ1v) is 5.75. The molecule has 1 aromatic heterocycles. The van der Waals surface area contributed by atoms with Crippen molar-refractivity contribution in [3.63, 3.8) is 0 Å². The standard InChI is InChI=1S/C11H10BrN3O2/c1-7-9(12)3-2-4-10(7)15-6-8(13-14-15)5-11(16)17/h2-4,6H,5H2,1H3,(H,16,17). The van der Waals surface area contributed by atoms with E-state index in [0.717, 1.165) is 15.7 Å². The van der Waals surface area contributed by atoms with Gasteiger partial charge in [-0.1, -0.05) is 27.2 Å². The van der Waals surface area contributed by atoms with Crippen LogP contribution in [0.5, 0.6) is 0 Å². The molecule has 88 valence electrons. The van der Waals surface area contributed by atoms with Crippen LogP contribution in [0.3, 0.4) is 0 Å². The van der Waals surface area contributed by atoms with E-state index in [4.69, 9.17) is 5.11 Å². The van der Waals surface area contributed by atoms with Gasteiger partial charge in [-0.05, 0) is 24.6 Å². The number of nitrogens with zero attached hydrogens (tertiary/aromatic N) is 3. The third kappa shape index (κ3) is 2.52. The van der Waals surface area contributed by atoms with Gasteiger partial charge in [0, 0.05) is 4.47 Å². The molecule has 0 aliphatic heterocycles. The summed E-state index contributed by atoms with van der Waals surface area (Å²) >= 11 is 3.43. The van der Waals surface area contributed by atoms with Crippen molar-refractivity contribution >= 4 is 21.9 Å². The van der Waals surface area contributed by atoms with Crippen LogP contribution in [0.1, 0.15) is 11.3 Å². The van der Waals surface area contributed by atoms with Gasteiger partial charge in [0.15, 0.2) is 0 Å². The Morgan fingerprint density at radius 3 is 3.00 bits per heavy atom. The third-order valence-electron chi connectivity index (χ3n) is 2.36. The Morgan fingerprint density at radius 2 is 2.29 bits per heavy atom. The van der Waals surface area contributed by atoms with Gasteiger partial charge < -0.3 is 5.11 Å². The van der Waals surface area contributed by atoms with Gasteiger partial charge in [-0.25, -0.2) is 4.68 Å². The molecule has 0 amide bonds. The van der Waals surface area contributed by atoms with Crippen molar-refractivity contribution in [2.45, 2.75) is 13.3 Å². The largest absolute Gasteiger partial charge is 0.481 e. The van der Waals surface area contributed by atoms with Gasteiger partial charge in [-0.15, -0.1) is 5.10 Å². The Labute approximate surface area is 106 Å². The van der Waals surface area contributed by atoms with Crippen LogP contribution in [0.4, 0.5) is 0 Å². The summed E-state index contributed by atoms with van der Waals surface area (Å²) in [6, 6.07) is 5.73. The maximum absolute atomic E-state index is 10.6. The summed E-state index contributed by atoms with van der Waals surface area (Å²) < 4.78 is 2.56. The van der Waals surface area contributed by atoms with Crippen LogP contribution in [0.2, 0.25) is 0 Å². The second-order valence-corrected chi connectivity index (χ2v) is 4.46. The number of benzene rings is 1. The maximum atomic E-state index is 10.6. The molecule has 0 atom stereocenters. The van der Waals surface area contributed by atoms with Crippen molar-refractivity contribution in [1.29, 1.82) is 0 Å². The molecule has 0 bridgehead atoms. The number of carboxylic acids is 1. The first-order valence-electron chi connectivity index (χ1n) is 4.96. The van der Waals surface area contributed by atoms with Gasteiger partial charge in [0.05, 0.1) is 24.0 Å². The first-order chi connectivity index (χ1) is 8.08. The average Bonchev–Trinajstić information content (AvgIpc) is 2.69. The summed E-state index contributed by atoms with van der Waals surface area (Å²) in [6.45, 7) is 1.96. The highest BCUT2D eigenvalue weighted by molar-refractivity contribution is 9.10. The molecular formula is C11H10BrN3O2. The fraction of sp³-hybridized carbons (Fsp3) is 0.182. The van der Waals surface area contributed by atoms with Gasteiger partial charge in [-0.2, -0.15) is 0 Å². The van der Waals surface area contributed by atoms with Crippen LogP contribution in [0.15, 0.2) is 28.9 Å². The number of aliphatic carboxylic acids is 1. The molecule has 0 saturated carbocycles. The summed E-state index contributed by atoms with van der Waals surface area (Å²) in [5, 5.41) is 16.4. The predicted molar refractivity (Wildman–Crippen MR) is 65.1 cm³/mol. The fourth-order valence-electron chi connectivity index (χ4n) is 1.50. The van der Waals surface area contributed by atoms with Crippen LogP contribution in [-0.4, -0.2) is 26.1 Å². The number of hydrogen-bond acceptors (Lipinski definition) is 3. The Balaban J connectivity index is 2.37. The summed E-state index contributed by atoms with van der Waals surface area (Å²) in [5.74, 6) is -0.914. The normalized spacial score (nSPS) is 10.5. The summed E-state index contributed by atoms with van der Waals surface area (Å²) in [4.78, 5) is 10.6. The molecule has 5 nitrogen and oxygen atoms in total. The molecule has 0 radical (unpaired) electrons. The van der Waals surface area contributed by atoms with E-state index in [2.05, 4.69) is 26.2 Å². The number of aromatic nitrogens is 3. The molecule has 0 fully saturated rings. The number of hydrogen-bond donors (Lipinski definition) is 1. The van der Waals surface area contributed by atoms with Crippen molar-refractivity contribution in [3.8, 4) is 5.69 Å². The van der Waals surface area contributed by atoms with Crippen LogP contribution in [0.25, 0.3) is 5.69 Å². The lowest BCUT2D eigenvalue weighted by atomic mass is 10.2. The molecule has 2 aromatic rings. The summed E-state index contributed by atoms with van der Waals surface area (Å²) in [6.07, 6.45) is 1.51. The second kappa shape index (κ2) is 4.67. The quantitative estimate of drug-likeness (QED) is 0.940. The lowest BCUT2D eigenvalue weighted by molar-refractivity contribution is -0.136. The molecule has 0 aliphatic carbocycles. The van der Waals surface area contributed by atoms with Crippen molar-refractivity contribution in [3.05, 3.63) is 40.1 Å². The van der Waals surface area contributed by atoms with Crippen molar-refractivity contribution in [2.75, 3.05) is 0 Å². The predicted octanol–water partition coefficient (Wildman–Crippen LogP) is 1.97. The highest BCUT2D eigenvalue weighted by atomic mass is 79.9. The minimum atomic E-state index is -0.914. The molecule has 1 N–H and O–H groups in total. The van der Waals surface area contributed by atoms with Crippen LogP contribution in [0, 0.1) is 6.92 Å². The minimum absolute atomic E-state index is 0.118. The SMILES string of the molecule is Cc1c(Br)cccc1-n1cc(CC(=O)O)nn1. The molecule has 17 heavy (non-hydrogen) atoms. The van der Waals surface area contributed by atoms with E-state index in [0.29, 0.717) is 5.69 Å². The zero-order valence-electron chi connectivity index (χ0n) is 9.09. The van der Waals surface area contributed by atoms with E-state index in [9.17, 15) is 4.79 Å². The van der Waals surface area contributed by atoms with Crippen molar-refractivity contribution in [2.24, 2.45) is 0 Å². The number of carboxylic acid groups (broad SMARTS) is 1. The first kappa shape index (κ1) is 11.8. The molecule has 0 spiro atoms. The van der Waals surface area contributed by atoms with Crippen molar-refractivity contribution < 1.29 is 9.90 Å². The fourth-order valence-corrected chi connectivity index (χ4v) is 1.85. The number of halogens is 1. The molecule has 1 aromatic carbocycles. The molecule has 0 unspecified atom stereocenters. The lowest BCUT2D eigenvalue weighted by Gasteiger charge is -2.05. The van der Waals surface area contributed by atoms with Gasteiger partial charge in [0.1, 0.15) is 0 Å². The smallest absolute Gasteiger partial charge is 0.309 e. The lowest BCUT2D eigenvalue weighted by Crippen LogP contribution is -2.00. The van der Waals surface area contributed by atoms with E-state index in [1.807, 2.05) is 25.1 Å². The van der Waals surface area contributed by atoms with E-state index < -0.39 is 5.97 Å². The molecule has 0 saturated heterocycles. The summed E-state index contributed by atoms with van der Waals surface area (Å²) in [7, 11) is 0. The highest BCUT2D eigenvalue weighted by Gasteiger charge is 2.09. The summed E-state index contributed by atoms with van der Waals surface area (Å²) in [5.41, 5.74) is 2.35. The van der Waals surface area contributed by atoms with Crippen LogP contribution < -0.4 is 0 Å². The van der Waals surface area contributed by atoms with E-state index in [1.165, 1.54) is 0 Å². The van der Waals surface area contributed by atoms with E-state index >= 15 is 0 Å². The van der Waals surface area contributed by atoms with Crippen LogP contribution in [-0.2, 0) is 11.2 Å². The minimum Gasteiger partial charge on any atom is -0.481 e. The third-order valence-corrected chi connectivity index (χ3v) is 3.22. The highest BCUT2D eigenvalue weighted by Crippen LogP contribution is 2.21. The topological polar surface area (TPSA) is 68.0 Å². The molecule has 1 heterocycles. The maximum Gasteiger partial charge on any atom is 0.309 e. The molecule has 2 rings (SSSR count). The Kier molecular flexibility index (Phi) is 3.23. The number of carbonyl (C=O) groups is 1. The van der Waals surface area contributed by atoms with Crippen molar-refractivity contribution in [1.82, 2.24) is 15.0 Å². The Morgan fingerprint density at radius 1 is 1.53 bits per heavy atom. The van der Waals surface area contributed by atoms with E-state index in [-0.39, 0.29) is 6.42 Å². The zero-order chi connectivity index (χ0) is 12.4. The van der Waals surface area contributed by atoms with Gasteiger partial charge in [-0.3, -0.25) is 4.79 Å². The second-order valence-electron chi connectivity index (χ2n) is 3.61. The number of rotatable bonds is 3. The Bertz CT molecular complexity index is 566. The average molecular weight is 296 g/mol. The van der Waals surface area contributed by atoms with Gasteiger partial charge in [0.25, 0.3) is 0 Å². The Hall–Kier alpha value is -1.69. The monoisotopic (exact) mass is 295 g/mol. The molecular weight excluding hydrogens is 286 g/mol. The van der Waals surface area contributed by atoms with E-state index in [1.54, 1.807) is 10.9 Å². The van der Waals surface area contributed by atoms with Gasteiger partial charge >= 0.3 is 5.97 Å². The molecule has 0 aliphatic rings. The van der Waals surface area contributed by atoms with Gasteiger partial charge in [0.2, 0.25) is 0 Å². The molecule has 6 heteroatoms. The zero-order valence-corrected chi connectivity index (χ0v) is 10.7.